The molecular weight excluding hydrogens is 194 g/mol. The van der Waals surface area contributed by atoms with E-state index in [0.717, 1.165) is 6.42 Å². The van der Waals surface area contributed by atoms with Gasteiger partial charge in [-0.2, -0.15) is 0 Å². The van der Waals surface area contributed by atoms with Crippen molar-refractivity contribution in [3.8, 4) is 0 Å². The van der Waals surface area contributed by atoms with Crippen LogP contribution in [0.1, 0.15) is 26.7 Å². The van der Waals surface area contributed by atoms with E-state index in [1.807, 2.05) is 6.92 Å². The number of hydrogen-bond acceptors (Lipinski definition) is 3. The van der Waals surface area contributed by atoms with E-state index in [4.69, 9.17) is 5.73 Å². The SMILES string of the molecule is CCCC(N)C(=O)N1CCNC(=O)C1C. The van der Waals surface area contributed by atoms with Gasteiger partial charge in [-0.15, -0.1) is 0 Å². The highest BCUT2D eigenvalue weighted by Crippen LogP contribution is 2.07. The summed E-state index contributed by atoms with van der Waals surface area (Å²) in [7, 11) is 0. The Hall–Kier alpha value is -1.10. The summed E-state index contributed by atoms with van der Waals surface area (Å²) in [5.74, 6) is -0.211. The number of carbonyl (C=O) groups excluding carboxylic acids is 2. The van der Waals surface area contributed by atoms with Crippen LogP contribution in [-0.2, 0) is 9.59 Å². The zero-order valence-corrected chi connectivity index (χ0v) is 9.32. The highest BCUT2D eigenvalue weighted by atomic mass is 16.2. The fourth-order valence-electron chi connectivity index (χ4n) is 1.73. The number of carbonyl (C=O) groups is 2. The summed E-state index contributed by atoms with van der Waals surface area (Å²) < 4.78 is 0. The molecule has 2 unspecified atom stereocenters. The van der Waals surface area contributed by atoms with Crippen LogP contribution < -0.4 is 11.1 Å². The van der Waals surface area contributed by atoms with Gasteiger partial charge in [0, 0.05) is 13.1 Å². The topological polar surface area (TPSA) is 75.4 Å². The van der Waals surface area contributed by atoms with Crippen molar-refractivity contribution in [1.82, 2.24) is 10.2 Å². The van der Waals surface area contributed by atoms with Crippen molar-refractivity contribution in [3.63, 3.8) is 0 Å². The molecular formula is C10H19N3O2. The molecule has 0 radical (unpaired) electrons. The molecule has 0 bridgehead atoms. The van der Waals surface area contributed by atoms with Gasteiger partial charge < -0.3 is 16.0 Å². The van der Waals surface area contributed by atoms with E-state index in [1.54, 1.807) is 11.8 Å². The number of nitrogens with one attached hydrogen (secondary N) is 1. The molecule has 1 aliphatic rings. The molecule has 1 aliphatic heterocycles. The van der Waals surface area contributed by atoms with Gasteiger partial charge in [0.2, 0.25) is 11.8 Å². The summed E-state index contributed by atoms with van der Waals surface area (Å²) in [6.07, 6.45) is 1.55. The lowest BCUT2D eigenvalue weighted by molar-refractivity contribution is -0.143. The molecule has 0 aromatic carbocycles. The first-order valence-electron chi connectivity index (χ1n) is 5.41. The molecule has 1 heterocycles. The van der Waals surface area contributed by atoms with Crippen LogP contribution in [0, 0.1) is 0 Å². The quantitative estimate of drug-likeness (QED) is 0.661. The van der Waals surface area contributed by atoms with E-state index in [9.17, 15) is 9.59 Å². The van der Waals surface area contributed by atoms with Gasteiger partial charge in [-0.05, 0) is 13.3 Å². The van der Waals surface area contributed by atoms with Crippen molar-refractivity contribution >= 4 is 11.8 Å². The Morgan fingerprint density at radius 3 is 3.00 bits per heavy atom. The zero-order valence-electron chi connectivity index (χ0n) is 9.32. The number of amides is 2. The molecule has 86 valence electrons. The van der Waals surface area contributed by atoms with E-state index in [1.165, 1.54) is 0 Å². The van der Waals surface area contributed by atoms with E-state index in [0.29, 0.717) is 19.5 Å². The lowest BCUT2D eigenvalue weighted by Crippen LogP contribution is -2.59. The van der Waals surface area contributed by atoms with Crippen LogP contribution in [0.25, 0.3) is 0 Å². The Balaban J connectivity index is 2.61. The fraction of sp³-hybridized carbons (Fsp3) is 0.800. The minimum absolute atomic E-state index is 0.0988. The smallest absolute Gasteiger partial charge is 0.242 e. The van der Waals surface area contributed by atoms with E-state index in [2.05, 4.69) is 5.32 Å². The Morgan fingerprint density at radius 2 is 2.40 bits per heavy atom. The molecule has 1 saturated heterocycles. The van der Waals surface area contributed by atoms with Crippen LogP contribution in [0.3, 0.4) is 0 Å². The first kappa shape index (κ1) is 12.0. The second-order valence-corrected chi connectivity index (χ2v) is 3.89. The highest BCUT2D eigenvalue weighted by molar-refractivity contribution is 5.90. The monoisotopic (exact) mass is 213 g/mol. The summed E-state index contributed by atoms with van der Waals surface area (Å²) in [6.45, 7) is 4.79. The Morgan fingerprint density at radius 1 is 1.73 bits per heavy atom. The van der Waals surface area contributed by atoms with Crippen molar-refractivity contribution in [2.24, 2.45) is 5.73 Å². The summed E-state index contributed by atoms with van der Waals surface area (Å²) in [5.41, 5.74) is 5.74. The summed E-state index contributed by atoms with van der Waals surface area (Å²) in [4.78, 5) is 24.8. The molecule has 0 aromatic rings. The number of nitrogens with two attached hydrogens (primary N) is 1. The molecule has 1 fully saturated rings. The van der Waals surface area contributed by atoms with Crippen LogP contribution in [0.15, 0.2) is 0 Å². The van der Waals surface area contributed by atoms with Crippen LogP contribution in [0.2, 0.25) is 0 Å². The number of piperazine rings is 1. The highest BCUT2D eigenvalue weighted by Gasteiger charge is 2.31. The summed E-state index contributed by atoms with van der Waals surface area (Å²) in [5, 5.41) is 2.71. The third kappa shape index (κ3) is 2.68. The lowest BCUT2D eigenvalue weighted by Gasteiger charge is -2.34. The van der Waals surface area contributed by atoms with Gasteiger partial charge in [-0.1, -0.05) is 13.3 Å². The van der Waals surface area contributed by atoms with Gasteiger partial charge in [-0.3, -0.25) is 9.59 Å². The normalized spacial score (nSPS) is 23.5. The van der Waals surface area contributed by atoms with E-state index in [-0.39, 0.29) is 11.8 Å². The summed E-state index contributed by atoms with van der Waals surface area (Å²) >= 11 is 0. The van der Waals surface area contributed by atoms with Gasteiger partial charge in [0.1, 0.15) is 6.04 Å². The lowest BCUT2D eigenvalue weighted by atomic mass is 10.1. The Labute approximate surface area is 90.0 Å². The first-order valence-corrected chi connectivity index (χ1v) is 5.41. The maximum atomic E-state index is 11.9. The second-order valence-electron chi connectivity index (χ2n) is 3.89. The predicted octanol–water partition coefficient (Wildman–Crippen LogP) is -0.539. The van der Waals surface area contributed by atoms with Gasteiger partial charge in [0.25, 0.3) is 0 Å². The van der Waals surface area contributed by atoms with Crippen LogP contribution >= 0.6 is 0 Å². The molecule has 2 atom stereocenters. The fourth-order valence-corrected chi connectivity index (χ4v) is 1.73. The largest absolute Gasteiger partial charge is 0.353 e. The van der Waals surface area contributed by atoms with Crippen molar-refractivity contribution < 1.29 is 9.59 Å². The van der Waals surface area contributed by atoms with Gasteiger partial charge in [0.05, 0.1) is 6.04 Å². The maximum absolute atomic E-state index is 11.9. The third-order valence-corrected chi connectivity index (χ3v) is 2.70. The Bertz CT molecular complexity index is 255. The average molecular weight is 213 g/mol. The third-order valence-electron chi connectivity index (χ3n) is 2.70. The number of rotatable bonds is 3. The minimum Gasteiger partial charge on any atom is -0.353 e. The summed E-state index contributed by atoms with van der Waals surface area (Å²) in [6, 6.07) is -0.863. The average Bonchev–Trinajstić information content (AvgIpc) is 2.21. The van der Waals surface area contributed by atoms with E-state index < -0.39 is 12.1 Å². The molecule has 5 heteroatoms. The van der Waals surface area contributed by atoms with Gasteiger partial charge >= 0.3 is 0 Å². The molecule has 1 rings (SSSR count). The Kier molecular flexibility index (Phi) is 4.08. The minimum atomic E-state index is -0.469. The van der Waals surface area contributed by atoms with Crippen LogP contribution in [0.4, 0.5) is 0 Å². The zero-order chi connectivity index (χ0) is 11.4. The molecule has 5 nitrogen and oxygen atoms in total. The second kappa shape index (κ2) is 5.11. The van der Waals surface area contributed by atoms with Crippen LogP contribution in [0.5, 0.6) is 0 Å². The van der Waals surface area contributed by atoms with Gasteiger partial charge in [-0.25, -0.2) is 0 Å². The van der Waals surface area contributed by atoms with E-state index >= 15 is 0 Å². The van der Waals surface area contributed by atoms with Crippen molar-refractivity contribution in [2.75, 3.05) is 13.1 Å². The maximum Gasteiger partial charge on any atom is 0.242 e. The molecule has 0 spiro atoms. The first-order chi connectivity index (χ1) is 7.07. The van der Waals surface area contributed by atoms with Crippen LogP contribution in [-0.4, -0.2) is 41.9 Å². The van der Waals surface area contributed by atoms with Gasteiger partial charge in [0.15, 0.2) is 0 Å². The molecule has 0 saturated carbocycles. The molecule has 15 heavy (non-hydrogen) atoms. The standard InChI is InChI=1S/C10H19N3O2/c1-3-4-8(11)10(15)13-6-5-12-9(14)7(13)2/h7-8H,3-6,11H2,1-2H3,(H,12,14). The molecule has 0 aromatic heterocycles. The molecule has 0 aliphatic carbocycles. The number of hydrogen-bond donors (Lipinski definition) is 2. The molecule has 2 amide bonds. The van der Waals surface area contributed by atoms with Crippen molar-refractivity contribution in [1.29, 1.82) is 0 Å². The number of nitrogens with zero attached hydrogens (tertiary/aromatic N) is 1. The van der Waals surface area contributed by atoms with Crippen molar-refractivity contribution in [3.05, 3.63) is 0 Å². The predicted molar refractivity (Wildman–Crippen MR) is 57.1 cm³/mol. The van der Waals surface area contributed by atoms with Crippen molar-refractivity contribution in [2.45, 2.75) is 38.8 Å². The molecule has 3 N–H and O–H groups in total.